The smallest absolute Gasteiger partial charge is 0.306 e. The molecule has 0 saturated heterocycles. The number of carbonyl (C=O) groups is 3. The summed E-state index contributed by atoms with van der Waals surface area (Å²) in [7, 11) is 0. The van der Waals surface area contributed by atoms with Crippen molar-refractivity contribution in [1.29, 1.82) is 0 Å². The van der Waals surface area contributed by atoms with Crippen LogP contribution in [0.5, 0.6) is 0 Å². The third-order valence-corrected chi connectivity index (χ3v) is 14.2. The van der Waals surface area contributed by atoms with Gasteiger partial charge in [-0.3, -0.25) is 14.4 Å². The van der Waals surface area contributed by atoms with Crippen LogP contribution in [0, 0.1) is 0 Å². The standard InChI is InChI=1S/C69H122O6/c1-4-7-10-13-16-19-22-24-26-28-29-30-31-32-33-34-35-36-37-38-39-41-42-44-47-50-53-56-59-62-68(71)74-65-66(64-73-67(70)61-58-55-52-49-46-21-18-15-12-9-6-3)75-69(72)63-60-57-54-51-48-45-43-40-27-25-23-20-17-14-11-8-5-2/h8,11,17,20,22,24-25,27-29,43,45,66H,4-7,9-10,12-16,18-19,21,23,26,30-42,44,46-65H2,1-3H3/b11-8-,20-17-,24-22-,27-25-,29-28-,45-43-. The van der Waals surface area contributed by atoms with E-state index in [1.165, 1.54) is 186 Å². The first kappa shape index (κ1) is 71.8. The summed E-state index contributed by atoms with van der Waals surface area (Å²) < 4.78 is 16.9. The Morgan fingerprint density at radius 2 is 0.520 bits per heavy atom. The van der Waals surface area contributed by atoms with Gasteiger partial charge in [-0.1, -0.05) is 293 Å². The van der Waals surface area contributed by atoms with Crippen LogP contribution in [0.3, 0.4) is 0 Å². The Balaban J connectivity index is 4.19. The van der Waals surface area contributed by atoms with Gasteiger partial charge in [-0.15, -0.1) is 0 Å². The van der Waals surface area contributed by atoms with Gasteiger partial charge in [0, 0.05) is 19.3 Å². The first-order chi connectivity index (χ1) is 37.0. The molecule has 0 aromatic heterocycles. The predicted molar refractivity (Wildman–Crippen MR) is 325 cm³/mol. The van der Waals surface area contributed by atoms with E-state index >= 15 is 0 Å². The molecule has 0 radical (unpaired) electrons. The maximum Gasteiger partial charge on any atom is 0.306 e. The Morgan fingerprint density at radius 3 is 0.813 bits per heavy atom. The quantitative estimate of drug-likeness (QED) is 0.0261. The number of allylic oxidation sites excluding steroid dienone is 12. The summed E-state index contributed by atoms with van der Waals surface area (Å²) in [5.41, 5.74) is 0. The maximum absolute atomic E-state index is 12.9. The van der Waals surface area contributed by atoms with Gasteiger partial charge in [0.15, 0.2) is 6.10 Å². The predicted octanol–water partition coefficient (Wildman–Crippen LogP) is 22.1. The van der Waals surface area contributed by atoms with Gasteiger partial charge in [-0.2, -0.15) is 0 Å². The molecular weight excluding hydrogens is 925 g/mol. The molecule has 0 bridgehead atoms. The molecule has 0 fully saturated rings. The van der Waals surface area contributed by atoms with Gasteiger partial charge < -0.3 is 14.2 Å². The molecule has 0 amide bonds. The Kier molecular flexibility index (Phi) is 60.7. The van der Waals surface area contributed by atoms with Crippen molar-refractivity contribution in [3.8, 4) is 0 Å². The molecule has 6 heteroatoms. The van der Waals surface area contributed by atoms with Crippen molar-refractivity contribution in [3.63, 3.8) is 0 Å². The number of rotatable bonds is 59. The third kappa shape index (κ3) is 61.6. The second kappa shape index (κ2) is 63.4. The summed E-state index contributed by atoms with van der Waals surface area (Å²) in [6, 6.07) is 0. The summed E-state index contributed by atoms with van der Waals surface area (Å²) >= 11 is 0. The molecule has 0 saturated carbocycles. The molecule has 0 N–H and O–H groups in total. The van der Waals surface area contributed by atoms with Gasteiger partial charge in [0.05, 0.1) is 0 Å². The molecule has 0 aliphatic rings. The minimum Gasteiger partial charge on any atom is -0.462 e. The van der Waals surface area contributed by atoms with E-state index in [-0.39, 0.29) is 31.1 Å². The first-order valence-electron chi connectivity index (χ1n) is 32.4. The molecular formula is C69H122O6. The highest BCUT2D eigenvalue weighted by atomic mass is 16.6. The molecule has 0 spiro atoms. The topological polar surface area (TPSA) is 78.9 Å². The molecule has 75 heavy (non-hydrogen) atoms. The molecule has 0 rings (SSSR count). The fourth-order valence-electron chi connectivity index (χ4n) is 9.35. The first-order valence-corrected chi connectivity index (χ1v) is 32.4. The lowest BCUT2D eigenvalue weighted by atomic mass is 10.0. The molecule has 1 atom stereocenters. The largest absolute Gasteiger partial charge is 0.462 e. The van der Waals surface area contributed by atoms with Gasteiger partial charge >= 0.3 is 17.9 Å². The number of unbranched alkanes of at least 4 members (excludes halogenated alkanes) is 36. The average Bonchev–Trinajstić information content (AvgIpc) is 3.41. The van der Waals surface area contributed by atoms with Crippen LogP contribution in [0.2, 0.25) is 0 Å². The summed E-state index contributed by atoms with van der Waals surface area (Å²) in [4.78, 5) is 38.2. The number of hydrogen-bond donors (Lipinski definition) is 0. The van der Waals surface area contributed by atoms with Crippen molar-refractivity contribution in [2.45, 2.75) is 335 Å². The van der Waals surface area contributed by atoms with E-state index in [1.807, 2.05) is 0 Å². The molecule has 0 aromatic rings. The number of ether oxygens (including phenoxy) is 3. The van der Waals surface area contributed by atoms with Crippen molar-refractivity contribution < 1.29 is 28.6 Å². The van der Waals surface area contributed by atoms with Crippen LogP contribution >= 0.6 is 0 Å². The van der Waals surface area contributed by atoms with Gasteiger partial charge in [-0.05, 0) is 89.9 Å². The Morgan fingerprint density at radius 1 is 0.280 bits per heavy atom. The number of carbonyl (C=O) groups excluding carboxylic acids is 3. The summed E-state index contributed by atoms with van der Waals surface area (Å²) in [5, 5.41) is 0. The second-order valence-electron chi connectivity index (χ2n) is 21.6. The van der Waals surface area contributed by atoms with Gasteiger partial charge in [-0.25, -0.2) is 0 Å². The third-order valence-electron chi connectivity index (χ3n) is 14.2. The lowest BCUT2D eigenvalue weighted by Gasteiger charge is -2.18. The Hall–Kier alpha value is -3.15. The van der Waals surface area contributed by atoms with Gasteiger partial charge in [0.2, 0.25) is 0 Å². The zero-order valence-electron chi connectivity index (χ0n) is 49.8. The zero-order valence-corrected chi connectivity index (χ0v) is 49.8. The maximum atomic E-state index is 12.9. The normalized spacial score (nSPS) is 12.5. The molecule has 6 nitrogen and oxygen atoms in total. The molecule has 1 unspecified atom stereocenters. The van der Waals surface area contributed by atoms with Crippen LogP contribution in [-0.2, 0) is 28.6 Å². The molecule has 434 valence electrons. The Labute approximate surface area is 465 Å². The van der Waals surface area contributed by atoms with Crippen LogP contribution < -0.4 is 0 Å². The highest BCUT2D eigenvalue weighted by molar-refractivity contribution is 5.71. The fourth-order valence-corrected chi connectivity index (χ4v) is 9.35. The summed E-state index contributed by atoms with van der Waals surface area (Å²) in [5.74, 6) is -0.892. The monoisotopic (exact) mass is 1050 g/mol. The fraction of sp³-hybridized carbons (Fsp3) is 0.783. The average molecular weight is 1050 g/mol. The van der Waals surface area contributed by atoms with Crippen LogP contribution in [0.1, 0.15) is 329 Å². The summed E-state index contributed by atoms with van der Waals surface area (Å²) in [6.07, 6.45) is 82.1. The minimum atomic E-state index is -0.786. The SMILES string of the molecule is CC/C=C\C/C=C\C/C=C\C/C=C\CCCCCCC(=O)OC(COC(=O)CCCCCCCCCCCCC)COC(=O)CCCCCCCCCCCCCCCCCCC/C=C\C/C=C\CCCCCCC. The van der Waals surface area contributed by atoms with E-state index in [9.17, 15) is 14.4 Å². The van der Waals surface area contributed by atoms with Crippen LogP contribution in [0.15, 0.2) is 72.9 Å². The number of hydrogen-bond acceptors (Lipinski definition) is 6. The highest BCUT2D eigenvalue weighted by Gasteiger charge is 2.19. The van der Waals surface area contributed by atoms with E-state index in [0.29, 0.717) is 19.3 Å². The van der Waals surface area contributed by atoms with Crippen molar-refractivity contribution in [2.75, 3.05) is 13.2 Å². The molecule has 0 aliphatic carbocycles. The molecule has 0 aromatic carbocycles. The van der Waals surface area contributed by atoms with Crippen molar-refractivity contribution in [3.05, 3.63) is 72.9 Å². The van der Waals surface area contributed by atoms with Crippen LogP contribution in [0.4, 0.5) is 0 Å². The van der Waals surface area contributed by atoms with Crippen molar-refractivity contribution >= 4 is 17.9 Å². The lowest BCUT2D eigenvalue weighted by Crippen LogP contribution is -2.30. The van der Waals surface area contributed by atoms with Gasteiger partial charge in [0.1, 0.15) is 13.2 Å². The minimum absolute atomic E-state index is 0.0818. The lowest BCUT2D eigenvalue weighted by molar-refractivity contribution is -0.167. The van der Waals surface area contributed by atoms with Gasteiger partial charge in [0.25, 0.3) is 0 Å². The van der Waals surface area contributed by atoms with Crippen molar-refractivity contribution in [2.24, 2.45) is 0 Å². The van der Waals surface area contributed by atoms with E-state index in [4.69, 9.17) is 14.2 Å². The van der Waals surface area contributed by atoms with E-state index in [1.54, 1.807) is 0 Å². The Bertz CT molecular complexity index is 1390. The molecule has 0 heterocycles. The van der Waals surface area contributed by atoms with E-state index < -0.39 is 6.10 Å². The number of esters is 3. The van der Waals surface area contributed by atoms with Crippen molar-refractivity contribution in [1.82, 2.24) is 0 Å². The zero-order chi connectivity index (χ0) is 54.3. The second-order valence-corrected chi connectivity index (χ2v) is 21.6. The molecule has 0 aliphatic heterocycles. The highest BCUT2D eigenvalue weighted by Crippen LogP contribution is 2.17. The summed E-state index contributed by atoms with van der Waals surface area (Å²) in [6.45, 7) is 6.52. The van der Waals surface area contributed by atoms with E-state index in [0.717, 1.165) is 103 Å². The van der Waals surface area contributed by atoms with E-state index in [2.05, 4.69) is 93.7 Å². The van der Waals surface area contributed by atoms with Crippen LogP contribution in [0.25, 0.3) is 0 Å². The van der Waals surface area contributed by atoms with Crippen LogP contribution in [-0.4, -0.2) is 37.2 Å².